The lowest BCUT2D eigenvalue weighted by Crippen LogP contribution is -2.50. The summed E-state index contributed by atoms with van der Waals surface area (Å²) in [5, 5.41) is 5.14. The van der Waals surface area contributed by atoms with Crippen molar-refractivity contribution in [2.45, 2.75) is 58.4 Å². The average molecular weight is 338 g/mol. The summed E-state index contributed by atoms with van der Waals surface area (Å²) in [4.78, 5) is 35.6. The predicted octanol–water partition coefficient (Wildman–Crippen LogP) is 2.02. The monoisotopic (exact) mass is 338 g/mol. The van der Waals surface area contributed by atoms with Gasteiger partial charge in [0.25, 0.3) is 0 Å². The molecule has 0 radical (unpaired) electrons. The molecule has 2 N–H and O–H groups in total. The van der Waals surface area contributed by atoms with Crippen molar-refractivity contribution >= 4 is 18.0 Å². The van der Waals surface area contributed by atoms with Gasteiger partial charge in [0.05, 0.1) is 23.9 Å². The lowest BCUT2D eigenvalue weighted by molar-refractivity contribution is -0.144. The highest BCUT2D eigenvalue weighted by atomic mass is 16.5. The van der Waals surface area contributed by atoms with E-state index in [0.717, 1.165) is 6.42 Å². The van der Waals surface area contributed by atoms with Crippen LogP contribution in [0.2, 0.25) is 0 Å². The number of ether oxygens (including phenoxy) is 2. The highest BCUT2D eigenvalue weighted by Crippen LogP contribution is 2.28. The van der Waals surface area contributed by atoms with Gasteiger partial charge in [-0.15, -0.1) is 0 Å². The number of carbonyl (C=O) groups excluding carboxylic acids is 3. The van der Waals surface area contributed by atoms with E-state index in [9.17, 15) is 14.4 Å². The fraction of sp³-hybridized carbons (Fsp3) is 0.706. The highest BCUT2D eigenvalue weighted by molar-refractivity contribution is 5.94. The largest absolute Gasteiger partial charge is 0.463 e. The molecular formula is C17H26N2O5. The fourth-order valence-corrected chi connectivity index (χ4v) is 3.24. The summed E-state index contributed by atoms with van der Waals surface area (Å²) in [6.45, 7) is 3.50. The smallest absolute Gasteiger partial charge is 0.338 e. The third kappa shape index (κ3) is 4.97. The molecule has 1 heterocycles. The molecule has 7 heteroatoms. The van der Waals surface area contributed by atoms with Crippen LogP contribution in [0.15, 0.2) is 11.3 Å². The van der Waals surface area contributed by atoms with Crippen molar-refractivity contribution in [3.63, 3.8) is 0 Å². The Balaban J connectivity index is 1.92. The van der Waals surface area contributed by atoms with Gasteiger partial charge < -0.3 is 20.1 Å². The molecule has 1 saturated carbocycles. The third-order valence-electron chi connectivity index (χ3n) is 4.47. The second kappa shape index (κ2) is 8.70. The Morgan fingerprint density at radius 3 is 2.58 bits per heavy atom. The molecule has 0 bridgehead atoms. The number of urea groups is 1. The molecule has 2 amide bonds. The predicted molar refractivity (Wildman–Crippen MR) is 86.9 cm³/mol. The second-order valence-corrected chi connectivity index (χ2v) is 6.28. The quantitative estimate of drug-likeness (QED) is 0.693. The van der Waals surface area contributed by atoms with Gasteiger partial charge in [-0.1, -0.05) is 25.7 Å². The molecular weight excluding hydrogens is 312 g/mol. The molecule has 2 rings (SSSR count). The van der Waals surface area contributed by atoms with Gasteiger partial charge in [-0.05, 0) is 26.2 Å². The van der Waals surface area contributed by atoms with Crippen LogP contribution in [0.25, 0.3) is 0 Å². The van der Waals surface area contributed by atoms with Gasteiger partial charge in [0, 0.05) is 6.42 Å². The zero-order valence-corrected chi connectivity index (χ0v) is 14.4. The molecule has 0 spiro atoms. The van der Waals surface area contributed by atoms with Crippen molar-refractivity contribution in [1.82, 2.24) is 10.6 Å². The van der Waals surface area contributed by atoms with E-state index in [1.165, 1.54) is 25.7 Å². The van der Waals surface area contributed by atoms with Crippen LogP contribution in [0.1, 0.15) is 52.4 Å². The summed E-state index contributed by atoms with van der Waals surface area (Å²) in [7, 11) is 0. The number of nitrogens with one attached hydrogen (secondary N) is 2. The van der Waals surface area contributed by atoms with E-state index < -0.39 is 18.0 Å². The zero-order valence-electron chi connectivity index (χ0n) is 14.4. The molecule has 1 aliphatic carbocycles. The van der Waals surface area contributed by atoms with Gasteiger partial charge in [-0.25, -0.2) is 9.59 Å². The summed E-state index contributed by atoms with van der Waals surface area (Å²) < 4.78 is 10.3. The van der Waals surface area contributed by atoms with Crippen LogP contribution >= 0.6 is 0 Å². The number of carbonyl (C=O) groups is 3. The van der Waals surface area contributed by atoms with Gasteiger partial charge in [-0.3, -0.25) is 4.79 Å². The maximum absolute atomic E-state index is 12.1. The van der Waals surface area contributed by atoms with Crippen LogP contribution in [0.4, 0.5) is 4.79 Å². The highest BCUT2D eigenvalue weighted by Gasteiger charge is 2.30. The number of esters is 2. The number of hydrogen-bond acceptors (Lipinski definition) is 5. The van der Waals surface area contributed by atoms with Gasteiger partial charge in [0.15, 0.2) is 0 Å². The van der Waals surface area contributed by atoms with Crippen LogP contribution in [0, 0.1) is 5.92 Å². The van der Waals surface area contributed by atoms with E-state index >= 15 is 0 Å². The summed E-state index contributed by atoms with van der Waals surface area (Å²) in [6, 6.07) is -0.919. The van der Waals surface area contributed by atoms with Crippen molar-refractivity contribution in [2.75, 3.05) is 13.2 Å². The first kappa shape index (κ1) is 18.3. The lowest BCUT2D eigenvalue weighted by Gasteiger charge is -2.26. The minimum absolute atomic E-state index is 0.130. The maximum Gasteiger partial charge on any atom is 0.338 e. The second-order valence-electron chi connectivity index (χ2n) is 6.28. The first-order chi connectivity index (χ1) is 11.5. The molecule has 1 atom stereocenters. The number of hydrogen-bond donors (Lipinski definition) is 2. The van der Waals surface area contributed by atoms with Crippen molar-refractivity contribution in [2.24, 2.45) is 5.92 Å². The molecule has 24 heavy (non-hydrogen) atoms. The van der Waals surface area contributed by atoms with Crippen molar-refractivity contribution in [3.8, 4) is 0 Å². The summed E-state index contributed by atoms with van der Waals surface area (Å²) in [5.74, 6) is -0.210. The first-order valence-electron chi connectivity index (χ1n) is 8.64. The normalized spacial score (nSPS) is 21.2. The van der Waals surface area contributed by atoms with Gasteiger partial charge in [-0.2, -0.15) is 0 Å². The molecule has 0 aromatic heterocycles. The topological polar surface area (TPSA) is 93.7 Å². The molecule has 0 unspecified atom stereocenters. The van der Waals surface area contributed by atoms with E-state index in [2.05, 4.69) is 10.6 Å². The SMILES string of the molecule is CCOC(=O)C1=C(COC(=O)CCC2CCCC2)NC(=O)N[C@@H]1C. The Kier molecular flexibility index (Phi) is 6.63. The van der Waals surface area contributed by atoms with E-state index in [-0.39, 0.29) is 19.2 Å². The van der Waals surface area contributed by atoms with Crippen LogP contribution < -0.4 is 10.6 Å². The first-order valence-corrected chi connectivity index (χ1v) is 8.64. The summed E-state index contributed by atoms with van der Waals surface area (Å²) in [6.07, 6.45) is 6.07. The van der Waals surface area contributed by atoms with Gasteiger partial charge in [0.1, 0.15) is 6.61 Å². The van der Waals surface area contributed by atoms with E-state index in [0.29, 0.717) is 23.6 Å². The van der Waals surface area contributed by atoms with Crippen molar-refractivity contribution in [1.29, 1.82) is 0 Å². The Labute approximate surface area is 142 Å². The van der Waals surface area contributed by atoms with E-state index in [1.807, 2.05) is 0 Å². The molecule has 1 aliphatic heterocycles. The molecule has 134 valence electrons. The maximum atomic E-state index is 12.1. The van der Waals surface area contributed by atoms with Crippen molar-refractivity contribution in [3.05, 3.63) is 11.3 Å². The minimum atomic E-state index is -0.519. The molecule has 2 aliphatic rings. The standard InChI is InChI=1S/C17H26N2O5/c1-3-23-16(21)15-11(2)18-17(22)19-13(15)10-24-14(20)9-8-12-6-4-5-7-12/h11-12H,3-10H2,1-2H3,(H2,18,19,22)/t11-/m1/s1. The van der Waals surface area contributed by atoms with E-state index in [4.69, 9.17) is 9.47 Å². The van der Waals surface area contributed by atoms with Gasteiger partial charge in [0.2, 0.25) is 0 Å². The average Bonchev–Trinajstić information content (AvgIpc) is 3.03. The Morgan fingerprint density at radius 1 is 1.21 bits per heavy atom. The lowest BCUT2D eigenvalue weighted by atomic mass is 10.0. The Morgan fingerprint density at radius 2 is 1.92 bits per heavy atom. The molecule has 1 fully saturated rings. The molecule has 0 saturated heterocycles. The number of amides is 2. The Hall–Kier alpha value is -2.05. The summed E-state index contributed by atoms with van der Waals surface area (Å²) >= 11 is 0. The molecule has 0 aromatic carbocycles. The minimum Gasteiger partial charge on any atom is -0.463 e. The molecule has 0 aromatic rings. The Bertz CT molecular complexity index is 523. The fourth-order valence-electron chi connectivity index (χ4n) is 3.24. The van der Waals surface area contributed by atoms with Crippen molar-refractivity contribution < 1.29 is 23.9 Å². The van der Waals surface area contributed by atoms with E-state index in [1.54, 1.807) is 13.8 Å². The van der Waals surface area contributed by atoms with Crippen LogP contribution in [-0.2, 0) is 19.1 Å². The van der Waals surface area contributed by atoms with Crippen LogP contribution in [-0.4, -0.2) is 37.2 Å². The zero-order chi connectivity index (χ0) is 17.5. The number of rotatable bonds is 7. The van der Waals surface area contributed by atoms with Gasteiger partial charge >= 0.3 is 18.0 Å². The third-order valence-corrected chi connectivity index (χ3v) is 4.47. The van der Waals surface area contributed by atoms with Crippen LogP contribution in [0.5, 0.6) is 0 Å². The van der Waals surface area contributed by atoms with Crippen LogP contribution in [0.3, 0.4) is 0 Å². The molecule has 7 nitrogen and oxygen atoms in total. The summed E-state index contributed by atoms with van der Waals surface area (Å²) in [5.41, 5.74) is 0.582.